The van der Waals surface area contributed by atoms with Gasteiger partial charge < -0.3 is 10.8 Å². The third-order valence-corrected chi connectivity index (χ3v) is 3.04. The lowest BCUT2D eigenvalue weighted by Gasteiger charge is -2.05. The summed E-state index contributed by atoms with van der Waals surface area (Å²) in [5.41, 5.74) is 7.12. The SMILES string of the molecule is CC.Cc1ccc(C(=O)O)c(N)c1I. The third-order valence-electron chi connectivity index (χ3n) is 1.60. The number of carboxylic acids is 1. The monoisotopic (exact) mass is 307 g/mol. The molecule has 1 aromatic rings. The lowest BCUT2D eigenvalue weighted by molar-refractivity contribution is 0.0698. The summed E-state index contributed by atoms with van der Waals surface area (Å²) in [7, 11) is 0. The number of aromatic carboxylic acids is 1. The fourth-order valence-corrected chi connectivity index (χ4v) is 1.36. The van der Waals surface area contributed by atoms with Crippen molar-refractivity contribution in [2.24, 2.45) is 0 Å². The van der Waals surface area contributed by atoms with Crippen molar-refractivity contribution < 1.29 is 9.90 Å². The minimum Gasteiger partial charge on any atom is -0.478 e. The van der Waals surface area contributed by atoms with Gasteiger partial charge in [-0.2, -0.15) is 0 Å². The molecule has 0 aromatic heterocycles. The van der Waals surface area contributed by atoms with E-state index in [4.69, 9.17) is 10.8 Å². The molecule has 0 aliphatic rings. The first-order valence-electron chi connectivity index (χ1n) is 4.32. The van der Waals surface area contributed by atoms with Gasteiger partial charge in [-0.25, -0.2) is 4.79 Å². The largest absolute Gasteiger partial charge is 0.478 e. The molecule has 0 atom stereocenters. The van der Waals surface area contributed by atoms with Gasteiger partial charge in [0.15, 0.2) is 0 Å². The van der Waals surface area contributed by atoms with Crippen LogP contribution in [0.4, 0.5) is 5.69 Å². The maximum atomic E-state index is 10.6. The van der Waals surface area contributed by atoms with E-state index in [2.05, 4.69) is 0 Å². The van der Waals surface area contributed by atoms with Crippen molar-refractivity contribution in [3.63, 3.8) is 0 Å². The van der Waals surface area contributed by atoms with E-state index in [9.17, 15) is 4.79 Å². The van der Waals surface area contributed by atoms with Gasteiger partial charge in [-0.1, -0.05) is 19.9 Å². The summed E-state index contributed by atoms with van der Waals surface area (Å²) in [6, 6.07) is 3.27. The topological polar surface area (TPSA) is 63.3 Å². The van der Waals surface area contributed by atoms with Crippen LogP contribution in [0.1, 0.15) is 29.8 Å². The first kappa shape index (κ1) is 13.2. The van der Waals surface area contributed by atoms with Crippen molar-refractivity contribution in [1.82, 2.24) is 0 Å². The summed E-state index contributed by atoms with van der Waals surface area (Å²) in [4.78, 5) is 10.6. The Hall–Kier alpha value is -0.780. The lowest BCUT2D eigenvalue weighted by Crippen LogP contribution is -2.04. The lowest BCUT2D eigenvalue weighted by atomic mass is 10.1. The number of aryl methyl sites for hydroxylation is 1. The molecule has 0 unspecified atom stereocenters. The van der Waals surface area contributed by atoms with Crippen molar-refractivity contribution in [2.45, 2.75) is 20.8 Å². The Morgan fingerprint density at radius 3 is 2.36 bits per heavy atom. The van der Waals surface area contributed by atoms with E-state index < -0.39 is 5.97 Å². The first-order chi connectivity index (χ1) is 6.54. The number of anilines is 1. The molecule has 0 amide bonds. The summed E-state index contributed by atoms with van der Waals surface area (Å²) < 4.78 is 0.813. The van der Waals surface area contributed by atoms with Crippen LogP contribution in [0.2, 0.25) is 0 Å². The molecular formula is C10H14INO2. The van der Waals surface area contributed by atoms with Crippen molar-refractivity contribution in [2.75, 3.05) is 5.73 Å². The maximum absolute atomic E-state index is 10.6. The quantitative estimate of drug-likeness (QED) is 0.619. The molecule has 0 aliphatic carbocycles. The second kappa shape index (κ2) is 5.85. The van der Waals surface area contributed by atoms with E-state index in [0.29, 0.717) is 5.69 Å². The number of nitrogen functional groups attached to an aromatic ring is 1. The van der Waals surface area contributed by atoms with Gasteiger partial charge in [0.2, 0.25) is 0 Å². The van der Waals surface area contributed by atoms with Crippen LogP contribution in [-0.4, -0.2) is 11.1 Å². The molecule has 0 radical (unpaired) electrons. The number of carbonyl (C=O) groups is 1. The Labute approximate surface area is 97.5 Å². The summed E-state index contributed by atoms with van der Waals surface area (Å²) in [5, 5.41) is 8.70. The van der Waals surface area contributed by atoms with Gasteiger partial charge in [-0.05, 0) is 41.1 Å². The zero-order valence-corrected chi connectivity index (χ0v) is 10.6. The van der Waals surface area contributed by atoms with E-state index in [1.165, 1.54) is 6.07 Å². The molecule has 0 fully saturated rings. The van der Waals surface area contributed by atoms with Gasteiger partial charge in [0.05, 0.1) is 11.3 Å². The normalized spacial score (nSPS) is 8.86. The van der Waals surface area contributed by atoms with E-state index >= 15 is 0 Å². The molecule has 78 valence electrons. The maximum Gasteiger partial charge on any atom is 0.337 e. The van der Waals surface area contributed by atoms with Crippen molar-refractivity contribution in [3.8, 4) is 0 Å². The zero-order chi connectivity index (χ0) is 11.3. The molecule has 1 rings (SSSR count). The highest BCUT2D eigenvalue weighted by Gasteiger charge is 2.10. The Bertz CT molecular complexity index is 337. The summed E-state index contributed by atoms with van der Waals surface area (Å²) in [6.07, 6.45) is 0. The number of carboxylic acid groups (broad SMARTS) is 1. The molecule has 4 heteroatoms. The molecule has 0 saturated heterocycles. The average molecular weight is 307 g/mol. The summed E-state index contributed by atoms with van der Waals surface area (Å²) in [5.74, 6) is -0.981. The second-order valence-electron chi connectivity index (χ2n) is 2.46. The predicted molar refractivity (Wildman–Crippen MR) is 66.6 cm³/mol. The summed E-state index contributed by atoms with van der Waals surface area (Å²) in [6.45, 7) is 5.89. The molecular weight excluding hydrogens is 293 g/mol. The molecule has 3 nitrogen and oxygen atoms in total. The van der Waals surface area contributed by atoms with Crippen molar-refractivity contribution in [1.29, 1.82) is 0 Å². The third kappa shape index (κ3) is 2.87. The van der Waals surface area contributed by atoms with Crippen LogP contribution in [-0.2, 0) is 0 Å². The number of rotatable bonds is 1. The van der Waals surface area contributed by atoms with Crippen LogP contribution in [0.15, 0.2) is 12.1 Å². The molecule has 0 heterocycles. The fraction of sp³-hybridized carbons (Fsp3) is 0.300. The van der Waals surface area contributed by atoms with Gasteiger partial charge in [0.1, 0.15) is 0 Å². The van der Waals surface area contributed by atoms with E-state index in [-0.39, 0.29) is 5.56 Å². The number of hydrogen-bond donors (Lipinski definition) is 2. The van der Waals surface area contributed by atoms with Gasteiger partial charge in [-0.15, -0.1) is 0 Å². The highest BCUT2D eigenvalue weighted by atomic mass is 127. The van der Waals surface area contributed by atoms with Crippen molar-refractivity contribution >= 4 is 34.2 Å². The highest BCUT2D eigenvalue weighted by Crippen LogP contribution is 2.22. The molecule has 14 heavy (non-hydrogen) atoms. The van der Waals surface area contributed by atoms with Crippen LogP contribution in [0.5, 0.6) is 0 Å². The number of hydrogen-bond acceptors (Lipinski definition) is 2. The Kier molecular flexibility index (Phi) is 5.52. The fourth-order valence-electron chi connectivity index (χ4n) is 0.888. The first-order valence-corrected chi connectivity index (χ1v) is 5.39. The van der Waals surface area contributed by atoms with Crippen LogP contribution in [0.25, 0.3) is 0 Å². The van der Waals surface area contributed by atoms with Gasteiger partial charge in [0.25, 0.3) is 0 Å². The Morgan fingerprint density at radius 1 is 1.43 bits per heavy atom. The van der Waals surface area contributed by atoms with Gasteiger partial charge >= 0.3 is 5.97 Å². The molecule has 0 spiro atoms. The van der Waals surface area contributed by atoms with Crippen LogP contribution in [0.3, 0.4) is 0 Å². The van der Waals surface area contributed by atoms with E-state index in [0.717, 1.165) is 9.13 Å². The van der Waals surface area contributed by atoms with Gasteiger partial charge in [-0.3, -0.25) is 0 Å². The van der Waals surface area contributed by atoms with Crippen LogP contribution in [0, 0.1) is 10.5 Å². The van der Waals surface area contributed by atoms with E-state index in [1.54, 1.807) is 6.07 Å². The smallest absolute Gasteiger partial charge is 0.337 e. The van der Waals surface area contributed by atoms with E-state index in [1.807, 2.05) is 43.4 Å². The zero-order valence-electron chi connectivity index (χ0n) is 8.47. The minimum atomic E-state index is -0.981. The Morgan fingerprint density at radius 2 is 1.93 bits per heavy atom. The minimum absolute atomic E-state index is 0.171. The van der Waals surface area contributed by atoms with Crippen LogP contribution < -0.4 is 5.73 Å². The molecule has 0 saturated carbocycles. The molecule has 0 aliphatic heterocycles. The number of nitrogens with two attached hydrogens (primary N) is 1. The molecule has 3 N–H and O–H groups in total. The summed E-state index contributed by atoms with van der Waals surface area (Å²) >= 11 is 2.04. The number of halogens is 1. The van der Waals surface area contributed by atoms with Crippen LogP contribution >= 0.6 is 22.6 Å². The molecule has 1 aromatic carbocycles. The second-order valence-corrected chi connectivity index (χ2v) is 3.54. The highest BCUT2D eigenvalue weighted by molar-refractivity contribution is 14.1. The Balaban J connectivity index is 0.000000791. The predicted octanol–water partition coefficient (Wildman–Crippen LogP) is 2.91. The number of benzene rings is 1. The average Bonchev–Trinajstić information content (AvgIpc) is 2.17. The standard InChI is InChI=1S/C8H8INO2.C2H6/c1-4-2-3-5(8(11)12)7(10)6(4)9;1-2/h2-3H,10H2,1H3,(H,11,12);1-2H3. The van der Waals surface area contributed by atoms with Crippen molar-refractivity contribution in [3.05, 3.63) is 26.8 Å². The van der Waals surface area contributed by atoms with Gasteiger partial charge in [0, 0.05) is 3.57 Å². The molecule has 0 bridgehead atoms.